The number of anilines is 1. The van der Waals surface area contributed by atoms with Crippen LogP contribution in [0.4, 0.5) is 5.69 Å². The summed E-state index contributed by atoms with van der Waals surface area (Å²) in [5.74, 6) is 0.164. The van der Waals surface area contributed by atoms with E-state index in [9.17, 15) is 0 Å². The van der Waals surface area contributed by atoms with E-state index in [1.165, 1.54) is 6.07 Å². The summed E-state index contributed by atoms with van der Waals surface area (Å²) in [7, 11) is -1.91. The van der Waals surface area contributed by atoms with Crippen LogP contribution in [0.2, 0.25) is 0 Å². The summed E-state index contributed by atoms with van der Waals surface area (Å²) < 4.78 is 4.59. The molecular formula is C7H11BClNO4. The Kier molecular flexibility index (Phi) is 5.33. The predicted octanol–water partition coefficient (Wildman–Crippen LogP) is -0.469. The van der Waals surface area contributed by atoms with Gasteiger partial charge in [-0.25, -0.2) is 0 Å². The largest absolute Gasteiger partial charge is 0.707 e. The van der Waals surface area contributed by atoms with Crippen molar-refractivity contribution in [3.05, 3.63) is 23.8 Å². The molecule has 0 amide bonds. The van der Waals surface area contributed by atoms with E-state index in [2.05, 4.69) is 4.65 Å². The first kappa shape index (κ1) is 13.1. The Balaban J connectivity index is 0.00000169. The Morgan fingerprint density at radius 1 is 1.36 bits per heavy atom. The summed E-state index contributed by atoms with van der Waals surface area (Å²) in [6, 6.07) is 4.54. The summed E-state index contributed by atoms with van der Waals surface area (Å²) in [5.41, 5.74) is 6.30. The van der Waals surface area contributed by atoms with Crippen LogP contribution in [0.15, 0.2) is 18.2 Å². The first-order chi connectivity index (χ1) is 6.13. The summed E-state index contributed by atoms with van der Waals surface area (Å²) in [6.45, 7) is -0.248. The molecule has 7 heteroatoms. The van der Waals surface area contributed by atoms with Gasteiger partial charge >= 0.3 is 7.32 Å². The zero-order chi connectivity index (χ0) is 9.84. The SMILES string of the molecule is Cl.Nc1ccc(CO)c(OB(O)O)c1. The van der Waals surface area contributed by atoms with E-state index in [-0.39, 0.29) is 24.8 Å². The smallest absolute Gasteiger partial charge is 0.512 e. The molecule has 5 nitrogen and oxygen atoms in total. The topological polar surface area (TPSA) is 95.9 Å². The molecule has 1 aromatic carbocycles. The second kappa shape index (κ2) is 5.72. The lowest BCUT2D eigenvalue weighted by Crippen LogP contribution is -2.21. The third-order valence-electron chi connectivity index (χ3n) is 1.49. The molecule has 78 valence electrons. The van der Waals surface area contributed by atoms with Gasteiger partial charge in [0.05, 0.1) is 6.61 Å². The molecule has 0 radical (unpaired) electrons. The molecule has 0 heterocycles. The van der Waals surface area contributed by atoms with Gasteiger partial charge in [0, 0.05) is 17.3 Å². The molecule has 0 aromatic heterocycles. The normalized spacial score (nSPS) is 9.07. The molecule has 1 rings (SSSR count). The maximum atomic E-state index is 8.84. The highest BCUT2D eigenvalue weighted by atomic mass is 35.5. The average molecular weight is 219 g/mol. The van der Waals surface area contributed by atoms with Crippen molar-refractivity contribution in [3.8, 4) is 5.75 Å². The Bertz CT molecular complexity index is 297. The van der Waals surface area contributed by atoms with Crippen LogP contribution in [0, 0.1) is 0 Å². The third-order valence-corrected chi connectivity index (χ3v) is 1.49. The number of rotatable bonds is 3. The fourth-order valence-electron chi connectivity index (χ4n) is 0.925. The maximum absolute atomic E-state index is 8.84. The maximum Gasteiger partial charge on any atom is 0.707 e. The van der Waals surface area contributed by atoms with Crippen molar-refractivity contribution in [1.29, 1.82) is 0 Å². The predicted molar refractivity (Wildman–Crippen MR) is 54.8 cm³/mol. The molecule has 0 saturated carbocycles. The summed E-state index contributed by atoms with van der Waals surface area (Å²) in [5, 5.41) is 25.9. The molecule has 0 aliphatic rings. The van der Waals surface area contributed by atoms with Crippen LogP contribution in [-0.4, -0.2) is 22.5 Å². The van der Waals surface area contributed by atoms with Gasteiger partial charge in [-0.1, -0.05) is 6.07 Å². The van der Waals surface area contributed by atoms with Crippen LogP contribution >= 0.6 is 12.4 Å². The highest BCUT2D eigenvalue weighted by Crippen LogP contribution is 2.21. The summed E-state index contributed by atoms with van der Waals surface area (Å²) >= 11 is 0. The van der Waals surface area contributed by atoms with Crippen molar-refractivity contribution in [3.63, 3.8) is 0 Å². The molecule has 1 aromatic rings. The Morgan fingerprint density at radius 2 is 2.00 bits per heavy atom. The molecular weight excluding hydrogens is 208 g/mol. The quantitative estimate of drug-likeness (QED) is 0.407. The van der Waals surface area contributed by atoms with Gasteiger partial charge in [-0.2, -0.15) is 0 Å². The van der Waals surface area contributed by atoms with E-state index in [0.29, 0.717) is 11.3 Å². The molecule has 0 fully saturated rings. The number of nitrogen functional groups attached to an aromatic ring is 1. The first-order valence-electron chi connectivity index (χ1n) is 3.65. The third kappa shape index (κ3) is 3.43. The summed E-state index contributed by atoms with van der Waals surface area (Å²) in [6.07, 6.45) is 0. The number of nitrogens with two attached hydrogens (primary N) is 1. The number of halogens is 1. The van der Waals surface area contributed by atoms with Gasteiger partial charge in [0.25, 0.3) is 0 Å². The standard InChI is InChI=1S/C7H10BNO4.ClH/c9-6-2-1-5(4-10)7(3-6)13-8(11)12;/h1-3,10-12H,4,9H2;1H. The second-order valence-corrected chi connectivity index (χ2v) is 2.47. The Hall–Kier alpha value is -0.945. The highest BCUT2D eigenvalue weighted by molar-refractivity contribution is 6.33. The number of hydrogen-bond donors (Lipinski definition) is 4. The minimum absolute atomic E-state index is 0. The number of hydrogen-bond acceptors (Lipinski definition) is 5. The average Bonchev–Trinajstić information content (AvgIpc) is 2.03. The molecule has 0 atom stereocenters. The number of benzene rings is 1. The van der Waals surface area contributed by atoms with E-state index in [1.807, 2.05) is 0 Å². The minimum atomic E-state index is -1.91. The molecule has 0 saturated heterocycles. The zero-order valence-corrected chi connectivity index (χ0v) is 8.07. The highest BCUT2D eigenvalue weighted by Gasteiger charge is 2.13. The minimum Gasteiger partial charge on any atom is -0.512 e. The Morgan fingerprint density at radius 3 is 2.50 bits per heavy atom. The molecule has 14 heavy (non-hydrogen) atoms. The van der Waals surface area contributed by atoms with E-state index in [0.717, 1.165) is 0 Å². The van der Waals surface area contributed by atoms with E-state index >= 15 is 0 Å². The molecule has 0 spiro atoms. The van der Waals surface area contributed by atoms with Gasteiger partial charge in [0.2, 0.25) is 0 Å². The van der Waals surface area contributed by atoms with E-state index in [1.54, 1.807) is 12.1 Å². The van der Waals surface area contributed by atoms with Crippen LogP contribution in [0.5, 0.6) is 5.75 Å². The van der Waals surface area contributed by atoms with Gasteiger partial charge in [-0.05, 0) is 6.07 Å². The van der Waals surface area contributed by atoms with Gasteiger partial charge in [0.1, 0.15) is 5.75 Å². The first-order valence-corrected chi connectivity index (χ1v) is 3.65. The van der Waals surface area contributed by atoms with Crippen LogP contribution in [0.25, 0.3) is 0 Å². The van der Waals surface area contributed by atoms with Gasteiger partial charge in [0.15, 0.2) is 0 Å². The number of aliphatic hydroxyl groups is 1. The van der Waals surface area contributed by atoms with Crippen LogP contribution < -0.4 is 10.4 Å². The van der Waals surface area contributed by atoms with Crippen molar-refractivity contribution >= 4 is 25.4 Å². The van der Waals surface area contributed by atoms with Crippen molar-refractivity contribution in [2.75, 3.05) is 5.73 Å². The van der Waals surface area contributed by atoms with Crippen LogP contribution in [0.3, 0.4) is 0 Å². The molecule has 0 bridgehead atoms. The Labute approximate surface area is 87.7 Å². The molecule has 5 N–H and O–H groups in total. The van der Waals surface area contributed by atoms with Crippen molar-refractivity contribution < 1.29 is 19.8 Å². The van der Waals surface area contributed by atoms with Crippen molar-refractivity contribution in [2.45, 2.75) is 6.61 Å². The lowest BCUT2D eigenvalue weighted by molar-refractivity contribution is 0.264. The van der Waals surface area contributed by atoms with E-state index in [4.69, 9.17) is 20.9 Å². The fourth-order valence-corrected chi connectivity index (χ4v) is 0.925. The van der Waals surface area contributed by atoms with Crippen LogP contribution in [0.1, 0.15) is 5.56 Å². The zero-order valence-electron chi connectivity index (χ0n) is 7.25. The summed E-state index contributed by atoms with van der Waals surface area (Å²) in [4.78, 5) is 0. The van der Waals surface area contributed by atoms with Gasteiger partial charge in [-0.3, -0.25) is 0 Å². The lowest BCUT2D eigenvalue weighted by atomic mass is 10.1. The number of aliphatic hydroxyl groups excluding tert-OH is 1. The molecule has 0 unspecified atom stereocenters. The molecule has 0 aliphatic carbocycles. The van der Waals surface area contributed by atoms with Crippen LogP contribution in [-0.2, 0) is 6.61 Å². The second-order valence-electron chi connectivity index (χ2n) is 2.47. The molecule has 0 aliphatic heterocycles. The van der Waals surface area contributed by atoms with Crippen molar-refractivity contribution in [1.82, 2.24) is 0 Å². The van der Waals surface area contributed by atoms with E-state index < -0.39 is 7.32 Å². The fraction of sp³-hybridized carbons (Fsp3) is 0.143. The van der Waals surface area contributed by atoms with Gasteiger partial charge in [-0.15, -0.1) is 12.4 Å². The lowest BCUT2D eigenvalue weighted by Gasteiger charge is -2.09. The van der Waals surface area contributed by atoms with Crippen molar-refractivity contribution in [2.24, 2.45) is 0 Å². The monoisotopic (exact) mass is 219 g/mol. The van der Waals surface area contributed by atoms with Gasteiger partial charge < -0.3 is 25.5 Å².